The normalized spacial score (nSPS) is 7.29. The molecule has 0 spiro atoms. The van der Waals surface area contributed by atoms with E-state index in [1.165, 1.54) is 48.0 Å². The van der Waals surface area contributed by atoms with E-state index >= 15 is 0 Å². The number of benzene rings is 1. The molecule has 0 heterocycles. The highest BCUT2D eigenvalue weighted by atomic mass is 32.2. The second-order valence-corrected chi connectivity index (χ2v) is 8.42. The van der Waals surface area contributed by atoms with Crippen molar-refractivity contribution < 1.29 is 27.5 Å². The van der Waals surface area contributed by atoms with E-state index in [1.807, 2.05) is 50.2 Å². The van der Waals surface area contributed by atoms with Crippen LogP contribution in [0.3, 0.4) is 0 Å². The molecule has 0 bridgehead atoms. The van der Waals surface area contributed by atoms with Crippen molar-refractivity contribution in [1.29, 1.82) is 0 Å². The molecule has 1 aromatic carbocycles. The van der Waals surface area contributed by atoms with Gasteiger partial charge in [-0.25, -0.2) is 8.42 Å². The van der Waals surface area contributed by atoms with Crippen LogP contribution in [-0.4, -0.2) is 52.5 Å². The lowest BCUT2D eigenvalue weighted by atomic mass is 10.4. The first kappa shape index (κ1) is 47.1. The molecule has 0 aromatic heterocycles. The zero-order valence-corrected chi connectivity index (χ0v) is 23.3. The van der Waals surface area contributed by atoms with E-state index in [4.69, 9.17) is 0 Å². The highest BCUT2D eigenvalue weighted by molar-refractivity contribution is 7.89. The second-order valence-electron chi connectivity index (χ2n) is 6.14. The number of carbonyl (C=O) groups is 3. The molecule has 0 aliphatic heterocycles. The van der Waals surface area contributed by atoms with Gasteiger partial charge in [0.25, 0.3) is 0 Å². The number of ether oxygens (including phenoxy) is 1. The van der Waals surface area contributed by atoms with E-state index in [0.29, 0.717) is 0 Å². The van der Waals surface area contributed by atoms with Gasteiger partial charge in [0.2, 0.25) is 0 Å². The van der Waals surface area contributed by atoms with Gasteiger partial charge in [-0.3, -0.25) is 0 Å². The monoisotopic (exact) mass is 466 g/mol. The largest absolute Gasteiger partial charge is 0.388 e. The quantitative estimate of drug-likeness (QED) is 0.477. The van der Waals surface area contributed by atoms with Crippen molar-refractivity contribution >= 4 is 27.2 Å². The summed E-state index contributed by atoms with van der Waals surface area (Å²) in [4.78, 5) is 28.3. The van der Waals surface area contributed by atoms with Gasteiger partial charge in [-0.15, -0.1) is 0 Å². The standard InChI is InChI=1S/C6H6.3C3H6O.C3H8.C2H6O2S.C2H6O.C2H6/c1-2-4-6-5-3-1;3*1-3(2)4;1-3-2;1-5(2,3)4;1-3-2;1-2/h1-6H;3*1-2H3;3H2,1-2H3;1-2H3;1-2H3;1-2H3. The third-order valence-corrected chi connectivity index (χ3v) is 0.667. The van der Waals surface area contributed by atoms with E-state index in [2.05, 4.69) is 18.6 Å². The first-order chi connectivity index (χ1) is 14.0. The van der Waals surface area contributed by atoms with Crippen molar-refractivity contribution in [3.63, 3.8) is 0 Å². The Balaban J connectivity index is -0.0000000434. The Morgan fingerprint density at radius 1 is 0.613 bits per heavy atom. The first-order valence-corrected chi connectivity index (χ1v) is 12.3. The zero-order chi connectivity index (χ0) is 26.9. The van der Waals surface area contributed by atoms with Crippen LogP contribution in [0.25, 0.3) is 0 Å². The summed E-state index contributed by atoms with van der Waals surface area (Å²) in [7, 11) is 0.583. The minimum atomic E-state index is -2.67. The van der Waals surface area contributed by atoms with Crippen LogP contribution in [0.15, 0.2) is 36.4 Å². The van der Waals surface area contributed by atoms with Crippen molar-refractivity contribution in [1.82, 2.24) is 0 Å². The second kappa shape index (κ2) is 46.4. The van der Waals surface area contributed by atoms with Crippen LogP contribution in [0.4, 0.5) is 0 Å². The summed E-state index contributed by atoms with van der Waals surface area (Å²) >= 11 is 0. The van der Waals surface area contributed by atoms with Crippen molar-refractivity contribution in [3.8, 4) is 0 Å². The Hall–Kier alpha value is -1.86. The predicted molar refractivity (Wildman–Crippen MR) is 137 cm³/mol. The van der Waals surface area contributed by atoms with Crippen molar-refractivity contribution in [3.05, 3.63) is 36.4 Å². The molecular formula is C24H50O6S. The lowest BCUT2D eigenvalue weighted by molar-refractivity contribution is -0.115. The lowest BCUT2D eigenvalue weighted by Crippen LogP contribution is -1.86. The van der Waals surface area contributed by atoms with Crippen molar-refractivity contribution in [2.24, 2.45) is 0 Å². The Morgan fingerprint density at radius 3 is 0.677 bits per heavy atom. The fourth-order valence-electron chi connectivity index (χ4n) is 0.385. The van der Waals surface area contributed by atoms with Crippen molar-refractivity contribution in [2.75, 3.05) is 26.7 Å². The number of hydrogen-bond acceptors (Lipinski definition) is 6. The summed E-state index contributed by atoms with van der Waals surface area (Å²) in [5.74, 6) is 0.500. The molecule has 0 saturated carbocycles. The molecule has 6 nitrogen and oxygen atoms in total. The lowest BCUT2D eigenvalue weighted by Gasteiger charge is -1.69. The van der Waals surface area contributed by atoms with Gasteiger partial charge >= 0.3 is 0 Å². The third kappa shape index (κ3) is 1120. The number of methoxy groups -OCH3 is 1. The van der Waals surface area contributed by atoms with Gasteiger partial charge in [0.05, 0.1) is 0 Å². The average Bonchev–Trinajstić information content (AvgIpc) is 2.57. The van der Waals surface area contributed by atoms with E-state index in [1.54, 1.807) is 14.2 Å². The predicted octanol–water partition coefficient (Wildman–Crippen LogP) is 5.84. The number of rotatable bonds is 0. The van der Waals surface area contributed by atoms with E-state index in [0.717, 1.165) is 12.5 Å². The SMILES string of the molecule is CC.CC(C)=O.CC(C)=O.CC(C)=O.CCC.COC.CS(C)(=O)=O.c1ccccc1. The molecule has 0 aliphatic rings. The number of Topliss-reactive ketones (excluding diaryl/α,β-unsaturated/α-hetero) is 3. The average molecular weight is 467 g/mol. The van der Waals surface area contributed by atoms with E-state index in [-0.39, 0.29) is 17.3 Å². The fourth-order valence-corrected chi connectivity index (χ4v) is 0.385. The Bertz CT molecular complexity index is 461. The minimum absolute atomic E-state index is 0.167. The molecular weight excluding hydrogens is 416 g/mol. The maximum Gasteiger partial charge on any atom is 0.144 e. The number of ketones is 3. The maximum absolute atomic E-state index is 9.63. The van der Waals surface area contributed by atoms with Gasteiger partial charge in [0.1, 0.15) is 27.2 Å². The maximum atomic E-state index is 9.63. The van der Waals surface area contributed by atoms with Crippen LogP contribution >= 0.6 is 0 Å². The Labute approximate surface area is 193 Å². The summed E-state index contributed by atoms with van der Waals surface area (Å²) in [5, 5.41) is 0. The molecule has 188 valence electrons. The van der Waals surface area contributed by atoms with E-state index in [9.17, 15) is 22.8 Å². The van der Waals surface area contributed by atoms with Gasteiger partial charge in [-0.05, 0) is 41.5 Å². The zero-order valence-electron chi connectivity index (χ0n) is 22.5. The smallest absolute Gasteiger partial charge is 0.144 e. The molecule has 1 rings (SSSR count). The van der Waals surface area contributed by atoms with Crippen LogP contribution in [0.5, 0.6) is 0 Å². The van der Waals surface area contributed by atoms with Crippen molar-refractivity contribution in [2.45, 2.75) is 75.7 Å². The molecule has 0 unspecified atom stereocenters. The molecule has 0 radical (unpaired) electrons. The van der Waals surface area contributed by atoms with Gasteiger partial charge < -0.3 is 19.1 Å². The molecule has 31 heavy (non-hydrogen) atoms. The van der Waals surface area contributed by atoms with Gasteiger partial charge in [0, 0.05) is 26.7 Å². The van der Waals surface area contributed by atoms with Crippen LogP contribution in [-0.2, 0) is 29.0 Å². The van der Waals surface area contributed by atoms with Crippen LogP contribution in [0.2, 0.25) is 0 Å². The summed E-state index contributed by atoms with van der Waals surface area (Å²) in [6.07, 6.45) is 3.57. The van der Waals surface area contributed by atoms with Crippen LogP contribution in [0.1, 0.15) is 75.7 Å². The van der Waals surface area contributed by atoms with Gasteiger partial charge in [-0.1, -0.05) is 70.5 Å². The highest BCUT2D eigenvalue weighted by Gasteiger charge is 1.79. The van der Waals surface area contributed by atoms with Gasteiger partial charge in [-0.2, -0.15) is 0 Å². The summed E-state index contributed by atoms with van der Waals surface area (Å²) < 4.78 is 23.5. The topological polar surface area (TPSA) is 94.6 Å². The molecule has 0 aliphatic carbocycles. The molecule has 0 saturated heterocycles. The summed E-state index contributed by atoms with van der Waals surface area (Å²) in [5.41, 5.74) is 0. The summed E-state index contributed by atoms with van der Waals surface area (Å²) in [6, 6.07) is 12.0. The molecule has 0 atom stereocenters. The number of hydrogen-bond donors (Lipinski definition) is 0. The van der Waals surface area contributed by atoms with Crippen LogP contribution in [0, 0.1) is 0 Å². The number of sulfone groups is 1. The third-order valence-electron chi connectivity index (χ3n) is 0.667. The van der Waals surface area contributed by atoms with Gasteiger partial charge in [0.15, 0.2) is 0 Å². The van der Waals surface area contributed by atoms with Crippen LogP contribution < -0.4 is 0 Å². The first-order valence-electron chi connectivity index (χ1n) is 9.99. The summed E-state index contributed by atoms with van der Waals surface area (Å²) in [6.45, 7) is 17.4. The molecule has 7 heteroatoms. The molecule has 0 fully saturated rings. The Kier molecular flexibility index (Phi) is 70.4. The molecule has 1 aromatic rings. The minimum Gasteiger partial charge on any atom is -0.388 e. The Morgan fingerprint density at radius 2 is 0.645 bits per heavy atom. The molecule has 0 amide bonds. The number of carbonyl (C=O) groups excluding carboxylic acids is 3. The molecule has 0 N–H and O–H groups in total. The highest BCUT2D eigenvalue weighted by Crippen LogP contribution is 1.79. The van der Waals surface area contributed by atoms with E-state index < -0.39 is 9.84 Å². The fraction of sp³-hybridized carbons (Fsp3) is 0.625.